The first-order valence-electron chi connectivity index (χ1n) is 9.17. The summed E-state index contributed by atoms with van der Waals surface area (Å²) in [5.41, 5.74) is 6.03. The third kappa shape index (κ3) is 4.33. The van der Waals surface area contributed by atoms with Gasteiger partial charge >= 0.3 is 0 Å². The average molecular weight is 349 g/mol. The van der Waals surface area contributed by atoms with Crippen LogP contribution in [0.3, 0.4) is 0 Å². The predicted octanol–water partition coefficient (Wildman–Crippen LogP) is 4.24. The van der Waals surface area contributed by atoms with Gasteiger partial charge in [0.05, 0.1) is 18.8 Å². The molecule has 26 heavy (non-hydrogen) atoms. The zero-order valence-corrected chi connectivity index (χ0v) is 15.8. The molecule has 0 aliphatic rings. The average Bonchev–Trinajstić information content (AvgIpc) is 2.91. The summed E-state index contributed by atoms with van der Waals surface area (Å²) in [5.74, 6) is 0.954. The molecule has 4 heteroatoms. The highest BCUT2D eigenvalue weighted by Crippen LogP contribution is 2.19. The summed E-state index contributed by atoms with van der Waals surface area (Å²) >= 11 is 0. The number of aromatic nitrogens is 2. The highest BCUT2D eigenvalue weighted by atomic mass is 16.5. The number of aryl methyl sites for hydroxylation is 1. The van der Waals surface area contributed by atoms with Crippen molar-refractivity contribution in [2.75, 3.05) is 6.61 Å². The third-order valence-corrected chi connectivity index (χ3v) is 4.60. The van der Waals surface area contributed by atoms with Crippen LogP contribution in [-0.2, 0) is 19.6 Å². The number of benzene rings is 2. The van der Waals surface area contributed by atoms with E-state index >= 15 is 0 Å². The lowest BCUT2D eigenvalue weighted by atomic mass is 10.1. The van der Waals surface area contributed by atoms with E-state index < -0.39 is 0 Å². The van der Waals surface area contributed by atoms with Gasteiger partial charge in [0.1, 0.15) is 5.75 Å². The second-order valence-electron chi connectivity index (χ2n) is 6.44. The first kappa shape index (κ1) is 18.2. The quantitative estimate of drug-likeness (QED) is 0.661. The normalized spacial score (nSPS) is 10.9. The summed E-state index contributed by atoms with van der Waals surface area (Å²) in [7, 11) is 0. The van der Waals surface area contributed by atoms with Crippen molar-refractivity contribution in [3.63, 3.8) is 0 Å². The van der Waals surface area contributed by atoms with Gasteiger partial charge in [-0.1, -0.05) is 48.5 Å². The molecule has 136 valence electrons. The molecule has 0 aliphatic carbocycles. The van der Waals surface area contributed by atoms with Gasteiger partial charge in [0.15, 0.2) is 0 Å². The Labute approximate surface area is 155 Å². The fourth-order valence-electron chi connectivity index (χ4n) is 3.17. The summed E-state index contributed by atoms with van der Waals surface area (Å²) < 4.78 is 7.79. The monoisotopic (exact) mass is 349 g/mol. The largest absolute Gasteiger partial charge is 0.494 e. The zero-order chi connectivity index (χ0) is 18.4. The highest BCUT2D eigenvalue weighted by Gasteiger charge is 2.12. The van der Waals surface area contributed by atoms with Gasteiger partial charge < -0.3 is 10.1 Å². The second kappa shape index (κ2) is 8.68. The van der Waals surface area contributed by atoms with E-state index in [0.29, 0.717) is 6.61 Å². The number of ether oxygens (including phenoxy) is 1. The lowest BCUT2D eigenvalue weighted by Gasteiger charge is -2.11. The molecule has 0 bridgehead atoms. The van der Waals surface area contributed by atoms with Crippen LogP contribution in [-0.4, -0.2) is 16.4 Å². The summed E-state index contributed by atoms with van der Waals surface area (Å²) in [6.07, 6.45) is 0. The smallest absolute Gasteiger partial charge is 0.123 e. The van der Waals surface area contributed by atoms with Crippen molar-refractivity contribution >= 4 is 0 Å². The minimum Gasteiger partial charge on any atom is -0.494 e. The molecule has 1 aromatic heterocycles. The SMILES string of the molecule is CCOc1ccccc1CNCc1c(C)nn(Cc2ccccc2)c1C. The van der Waals surface area contributed by atoms with Crippen molar-refractivity contribution in [1.29, 1.82) is 0 Å². The van der Waals surface area contributed by atoms with Gasteiger partial charge in [-0.3, -0.25) is 4.68 Å². The van der Waals surface area contributed by atoms with Crippen LogP contribution >= 0.6 is 0 Å². The van der Waals surface area contributed by atoms with E-state index in [1.165, 1.54) is 22.4 Å². The first-order valence-corrected chi connectivity index (χ1v) is 9.17. The maximum absolute atomic E-state index is 5.70. The molecule has 0 spiro atoms. The fraction of sp³-hybridized carbons (Fsp3) is 0.318. The molecule has 0 radical (unpaired) electrons. The van der Waals surface area contributed by atoms with Crippen LogP contribution in [0, 0.1) is 13.8 Å². The van der Waals surface area contributed by atoms with E-state index in [0.717, 1.165) is 31.1 Å². The minimum absolute atomic E-state index is 0.682. The number of hydrogen-bond acceptors (Lipinski definition) is 3. The Morgan fingerprint density at radius 1 is 0.962 bits per heavy atom. The fourth-order valence-corrected chi connectivity index (χ4v) is 3.17. The standard InChI is InChI=1S/C22H27N3O/c1-4-26-22-13-9-8-12-20(22)14-23-15-21-17(2)24-25(18(21)3)16-19-10-6-5-7-11-19/h5-13,23H,4,14-16H2,1-3H3. The Kier molecular flexibility index (Phi) is 6.08. The van der Waals surface area contributed by atoms with Crippen LogP contribution in [0.25, 0.3) is 0 Å². The number of nitrogens with one attached hydrogen (secondary N) is 1. The molecule has 2 aromatic carbocycles. The third-order valence-electron chi connectivity index (χ3n) is 4.60. The molecule has 0 saturated heterocycles. The molecule has 0 unspecified atom stereocenters. The summed E-state index contributed by atoms with van der Waals surface area (Å²) in [6, 6.07) is 18.6. The lowest BCUT2D eigenvalue weighted by Crippen LogP contribution is -2.15. The van der Waals surface area contributed by atoms with Gasteiger partial charge in [-0.25, -0.2) is 0 Å². The summed E-state index contributed by atoms with van der Waals surface area (Å²) in [6.45, 7) is 9.31. The van der Waals surface area contributed by atoms with Crippen molar-refractivity contribution in [2.24, 2.45) is 0 Å². The van der Waals surface area contributed by atoms with Gasteiger partial charge in [-0.2, -0.15) is 5.10 Å². The second-order valence-corrected chi connectivity index (χ2v) is 6.44. The molecule has 0 fully saturated rings. The maximum Gasteiger partial charge on any atom is 0.123 e. The maximum atomic E-state index is 5.70. The highest BCUT2D eigenvalue weighted by molar-refractivity contribution is 5.33. The molecule has 1 heterocycles. The topological polar surface area (TPSA) is 39.1 Å². The molecule has 3 aromatic rings. The van der Waals surface area contributed by atoms with Crippen molar-refractivity contribution in [3.05, 3.63) is 82.7 Å². The first-order chi connectivity index (χ1) is 12.7. The minimum atomic E-state index is 0.682. The summed E-state index contributed by atoms with van der Waals surface area (Å²) in [5, 5.41) is 8.27. The van der Waals surface area contributed by atoms with Crippen LogP contribution < -0.4 is 10.1 Å². The van der Waals surface area contributed by atoms with E-state index in [9.17, 15) is 0 Å². The number of nitrogens with zero attached hydrogens (tertiary/aromatic N) is 2. The molecule has 1 N–H and O–H groups in total. The van der Waals surface area contributed by atoms with E-state index in [1.807, 2.05) is 31.2 Å². The van der Waals surface area contributed by atoms with Crippen LogP contribution in [0.1, 0.15) is 35.0 Å². The van der Waals surface area contributed by atoms with E-state index in [2.05, 4.69) is 54.2 Å². The molecular formula is C22H27N3O. The Morgan fingerprint density at radius 2 is 1.69 bits per heavy atom. The molecule has 4 nitrogen and oxygen atoms in total. The molecule has 0 aliphatic heterocycles. The van der Waals surface area contributed by atoms with Gasteiger partial charge in [0, 0.05) is 29.9 Å². The molecule has 0 amide bonds. The van der Waals surface area contributed by atoms with Crippen molar-refractivity contribution in [1.82, 2.24) is 15.1 Å². The predicted molar refractivity (Wildman–Crippen MR) is 105 cm³/mol. The van der Waals surface area contributed by atoms with Crippen LogP contribution in [0.15, 0.2) is 54.6 Å². The van der Waals surface area contributed by atoms with Gasteiger partial charge in [0.2, 0.25) is 0 Å². The molecule has 0 saturated carbocycles. The van der Waals surface area contributed by atoms with E-state index in [4.69, 9.17) is 9.84 Å². The molecular weight excluding hydrogens is 322 g/mol. The lowest BCUT2D eigenvalue weighted by molar-refractivity contribution is 0.335. The zero-order valence-electron chi connectivity index (χ0n) is 15.8. The number of hydrogen-bond donors (Lipinski definition) is 1. The summed E-state index contributed by atoms with van der Waals surface area (Å²) in [4.78, 5) is 0. The van der Waals surface area contributed by atoms with Crippen molar-refractivity contribution < 1.29 is 4.74 Å². The van der Waals surface area contributed by atoms with Gasteiger partial charge in [-0.05, 0) is 32.4 Å². The van der Waals surface area contributed by atoms with Crippen molar-refractivity contribution in [2.45, 2.75) is 40.4 Å². The Hall–Kier alpha value is -2.59. The number of para-hydroxylation sites is 1. The molecule has 3 rings (SSSR count). The van der Waals surface area contributed by atoms with E-state index in [1.54, 1.807) is 0 Å². The van der Waals surface area contributed by atoms with E-state index in [-0.39, 0.29) is 0 Å². The van der Waals surface area contributed by atoms with Gasteiger partial charge in [0.25, 0.3) is 0 Å². The van der Waals surface area contributed by atoms with Crippen LogP contribution in [0.2, 0.25) is 0 Å². The number of rotatable bonds is 8. The Balaban J connectivity index is 1.65. The Bertz CT molecular complexity index is 840. The van der Waals surface area contributed by atoms with Gasteiger partial charge in [-0.15, -0.1) is 0 Å². The molecule has 0 atom stereocenters. The van der Waals surface area contributed by atoms with Crippen molar-refractivity contribution in [3.8, 4) is 5.75 Å². The Morgan fingerprint density at radius 3 is 2.46 bits per heavy atom. The van der Waals surface area contributed by atoms with Crippen LogP contribution in [0.4, 0.5) is 0 Å². The van der Waals surface area contributed by atoms with Crippen LogP contribution in [0.5, 0.6) is 5.75 Å².